The van der Waals surface area contributed by atoms with E-state index in [0.29, 0.717) is 0 Å². The molecule has 0 spiro atoms. The summed E-state index contributed by atoms with van der Waals surface area (Å²) in [7, 11) is 1.81. The van der Waals surface area contributed by atoms with Crippen LogP contribution in [0, 0.1) is 3.57 Å². The minimum absolute atomic E-state index is 0.997. The average molecular weight is 313 g/mol. The SMILES string of the molecule is CN/N=C(\C)c1ccc2[nH]cc(I)c2c1. The fourth-order valence-corrected chi connectivity index (χ4v) is 2.15. The van der Waals surface area contributed by atoms with E-state index < -0.39 is 0 Å². The van der Waals surface area contributed by atoms with Crippen molar-refractivity contribution in [2.45, 2.75) is 6.92 Å². The van der Waals surface area contributed by atoms with Gasteiger partial charge in [0.05, 0.1) is 5.71 Å². The topological polar surface area (TPSA) is 40.2 Å². The molecule has 0 aliphatic rings. The molecular weight excluding hydrogens is 301 g/mol. The fourth-order valence-electron chi connectivity index (χ4n) is 1.54. The Balaban J connectivity index is 2.55. The van der Waals surface area contributed by atoms with E-state index >= 15 is 0 Å². The maximum absolute atomic E-state index is 4.17. The van der Waals surface area contributed by atoms with Crippen LogP contribution in [0.15, 0.2) is 29.5 Å². The lowest BCUT2D eigenvalue weighted by Gasteiger charge is -2.01. The number of benzene rings is 1. The van der Waals surface area contributed by atoms with Crippen LogP contribution < -0.4 is 5.43 Å². The Hall–Kier alpha value is -1.04. The number of aromatic nitrogens is 1. The first-order valence-electron chi connectivity index (χ1n) is 4.70. The van der Waals surface area contributed by atoms with Crippen molar-refractivity contribution < 1.29 is 0 Å². The number of nitrogens with one attached hydrogen (secondary N) is 2. The van der Waals surface area contributed by atoms with E-state index in [2.05, 4.69) is 56.3 Å². The maximum Gasteiger partial charge on any atom is 0.0644 e. The molecule has 15 heavy (non-hydrogen) atoms. The van der Waals surface area contributed by atoms with Crippen LogP contribution in [0.3, 0.4) is 0 Å². The molecule has 1 aromatic heterocycles. The Kier molecular flexibility index (Phi) is 2.95. The van der Waals surface area contributed by atoms with Gasteiger partial charge >= 0.3 is 0 Å². The molecule has 78 valence electrons. The Labute approximate surface area is 102 Å². The van der Waals surface area contributed by atoms with Crippen LogP contribution in [0.4, 0.5) is 0 Å². The summed E-state index contributed by atoms with van der Waals surface area (Å²) in [6.07, 6.45) is 2.01. The molecule has 3 nitrogen and oxygen atoms in total. The van der Waals surface area contributed by atoms with Gasteiger partial charge in [0.2, 0.25) is 0 Å². The van der Waals surface area contributed by atoms with Gasteiger partial charge in [-0.3, -0.25) is 0 Å². The minimum atomic E-state index is 0.997. The molecule has 4 heteroatoms. The van der Waals surface area contributed by atoms with E-state index in [1.807, 2.05) is 20.2 Å². The molecule has 0 saturated carbocycles. The number of H-pyrrole nitrogens is 1. The van der Waals surface area contributed by atoms with Gasteiger partial charge < -0.3 is 10.4 Å². The van der Waals surface area contributed by atoms with E-state index in [4.69, 9.17) is 0 Å². The third-order valence-electron chi connectivity index (χ3n) is 2.33. The number of aromatic amines is 1. The Morgan fingerprint density at radius 3 is 3.00 bits per heavy atom. The molecule has 0 atom stereocenters. The first kappa shape index (κ1) is 10.5. The largest absolute Gasteiger partial charge is 0.360 e. The van der Waals surface area contributed by atoms with Crippen molar-refractivity contribution in [3.63, 3.8) is 0 Å². The second kappa shape index (κ2) is 4.22. The molecule has 1 heterocycles. The Morgan fingerprint density at radius 2 is 2.27 bits per heavy atom. The van der Waals surface area contributed by atoms with Gasteiger partial charge in [-0.1, -0.05) is 6.07 Å². The zero-order chi connectivity index (χ0) is 10.8. The van der Waals surface area contributed by atoms with Crippen molar-refractivity contribution in [1.29, 1.82) is 0 Å². The molecule has 0 aliphatic carbocycles. The predicted octanol–water partition coefficient (Wildman–Crippen LogP) is 2.72. The summed E-state index contributed by atoms with van der Waals surface area (Å²) in [5.41, 5.74) is 6.11. The summed E-state index contributed by atoms with van der Waals surface area (Å²) in [6.45, 7) is 2.00. The quantitative estimate of drug-likeness (QED) is 0.499. The van der Waals surface area contributed by atoms with E-state index in [0.717, 1.165) is 11.3 Å². The summed E-state index contributed by atoms with van der Waals surface area (Å²) in [5.74, 6) is 0. The lowest BCUT2D eigenvalue weighted by atomic mass is 10.1. The zero-order valence-corrected chi connectivity index (χ0v) is 10.8. The first-order chi connectivity index (χ1) is 7.22. The van der Waals surface area contributed by atoms with Crippen LogP contribution in [0.25, 0.3) is 10.9 Å². The maximum atomic E-state index is 4.17. The van der Waals surface area contributed by atoms with Crippen molar-refractivity contribution in [1.82, 2.24) is 10.4 Å². The smallest absolute Gasteiger partial charge is 0.0644 e. The highest BCUT2D eigenvalue weighted by Crippen LogP contribution is 2.21. The van der Waals surface area contributed by atoms with Crippen molar-refractivity contribution in [3.05, 3.63) is 33.5 Å². The summed E-state index contributed by atoms with van der Waals surface area (Å²) < 4.78 is 1.24. The second-order valence-electron chi connectivity index (χ2n) is 3.32. The first-order valence-corrected chi connectivity index (χ1v) is 5.78. The monoisotopic (exact) mass is 313 g/mol. The fraction of sp³-hybridized carbons (Fsp3) is 0.182. The molecule has 0 amide bonds. The van der Waals surface area contributed by atoms with Crippen LogP contribution in [0.5, 0.6) is 0 Å². The van der Waals surface area contributed by atoms with Crippen LogP contribution in [0.1, 0.15) is 12.5 Å². The highest BCUT2D eigenvalue weighted by molar-refractivity contribution is 14.1. The van der Waals surface area contributed by atoms with E-state index in [1.165, 1.54) is 14.5 Å². The predicted molar refractivity (Wildman–Crippen MR) is 72.3 cm³/mol. The molecular formula is C11H12IN3. The summed E-state index contributed by atoms with van der Waals surface area (Å²) >= 11 is 2.33. The van der Waals surface area contributed by atoms with Crippen LogP contribution in [0.2, 0.25) is 0 Å². The average Bonchev–Trinajstić information content (AvgIpc) is 2.60. The van der Waals surface area contributed by atoms with Crippen LogP contribution in [-0.2, 0) is 0 Å². The summed E-state index contributed by atoms with van der Waals surface area (Å²) in [4.78, 5) is 3.22. The van der Waals surface area contributed by atoms with E-state index in [-0.39, 0.29) is 0 Å². The number of rotatable bonds is 2. The van der Waals surface area contributed by atoms with Gasteiger partial charge in [0, 0.05) is 27.7 Å². The van der Waals surface area contributed by atoms with Gasteiger partial charge in [0.15, 0.2) is 0 Å². The van der Waals surface area contributed by atoms with Gasteiger partial charge in [-0.2, -0.15) is 5.10 Å². The number of fused-ring (bicyclic) bond motifs is 1. The molecule has 0 fully saturated rings. The molecule has 2 rings (SSSR count). The molecule has 2 aromatic rings. The molecule has 0 saturated heterocycles. The standard InChI is InChI=1S/C11H12IN3/c1-7(15-13-2)8-3-4-11-9(5-8)10(12)6-14-11/h3-6,13-14H,1-2H3/b15-7+. The molecule has 2 N–H and O–H groups in total. The lowest BCUT2D eigenvalue weighted by molar-refractivity contribution is 0.900. The molecule has 1 aromatic carbocycles. The normalized spacial score (nSPS) is 12.1. The highest BCUT2D eigenvalue weighted by Gasteiger charge is 2.03. The molecule has 0 aliphatic heterocycles. The van der Waals surface area contributed by atoms with E-state index in [9.17, 15) is 0 Å². The minimum Gasteiger partial charge on any atom is -0.360 e. The Bertz CT molecular complexity index is 514. The van der Waals surface area contributed by atoms with Crippen molar-refractivity contribution >= 4 is 39.2 Å². The van der Waals surface area contributed by atoms with Crippen molar-refractivity contribution in [2.75, 3.05) is 7.05 Å². The summed E-state index contributed by atoms with van der Waals surface area (Å²) in [6, 6.07) is 6.32. The van der Waals surface area contributed by atoms with Crippen LogP contribution in [-0.4, -0.2) is 17.7 Å². The summed E-state index contributed by atoms with van der Waals surface area (Å²) in [5, 5.41) is 5.42. The number of hydrazone groups is 1. The van der Waals surface area contributed by atoms with Gasteiger partial charge in [-0.25, -0.2) is 0 Å². The van der Waals surface area contributed by atoms with Gasteiger partial charge in [0.25, 0.3) is 0 Å². The number of hydrogen-bond acceptors (Lipinski definition) is 2. The third kappa shape index (κ3) is 1.99. The van der Waals surface area contributed by atoms with Gasteiger partial charge in [-0.15, -0.1) is 0 Å². The number of hydrogen-bond donors (Lipinski definition) is 2. The van der Waals surface area contributed by atoms with Crippen molar-refractivity contribution in [2.24, 2.45) is 5.10 Å². The third-order valence-corrected chi connectivity index (χ3v) is 3.22. The zero-order valence-electron chi connectivity index (χ0n) is 8.63. The van der Waals surface area contributed by atoms with E-state index in [1.54, 1.807) is 0 Å². The molecule has 0 radical (unpaired) electrons. The van der Waals surface area contributed by atoms with Crippen LogP contribution >= 0.6 is 22.6 Å². The highest BCUT2D eigenvalue weighted by atomic mass is 127. The van der Waals surface area contributed by atoms with Crippen molar-refractivity contribution in [3.8, 4) is 0 Å². The molecule has 0 bridgehead atoms. The Morgan fingerprint density at radius 1 is 1.47 bits per heavy atom. The number of halogens is 1. The number of nitrogens with zero attached hydrogens (tertiary/aromatic N) is 1. The second-order valence-corrected chi connectivity index (χ2v) is 4.48. The lowest BCUT2D eigenvalue weighted by Crippen LogP contribution is -2.02. The van der Waals surface area contributed by atoms with Gasteiger partial charge in [0.1, 0.15) is 0 Å². The van der Waals surface area contributed by atoms with Gasteiger partial charge in [-0.05, 0) is 47.2 Å². The molecule has 0 unspecified atom stereocenters.